The molecule has 1 fully saturated rings. The Hall–Kier alpha value is -2.33. The van der Waals surface area contributed by atoms with E-state index in [1.807, 2.05) is 54.6 Å². The number of likely N-dealkylation sites (tertiary alicyclic amines) is 1. The summed E-state index contributed by atoms with van der Waals surface area (Å²) in [6.07, 6.45) is 2.39. The molecule has 1 unspecified atom stereocenters. The highest BCUT2D eigenvalue weighted by Gasteiger charge is 2.23. The maximum absolute atomic E-state index is 12.3. The molecule has 1 atom stereocenters. The van der Waals surface area contributed by atoms with Crippen LogP contribution < -0.4 is 10.1 Å². The summed E-state index contributed by atoms with van der Waals surface area (Å²) in [6.45, 7) is 5.62. The molecule has 0 bridgehead atoms. The van der Waals surface area contributed by atoms with Crippen molar-refractivity contribution in [3.63, 3.8) is 0 Å². The number of likely N-dealkylation sites (N-methyl/N-ethyl adjacent to an activating group) is 1. The zero-order valence-corrected chi connectivity index (χ0v) is 14.8. The number of carbonyl (C=O) groups excluding carboxylic acids is 1. The molecule has 132 valence electrons. The summed E-state index contributed by atoms with van der Waals surface area (Å²) in [7, 11) is 0. The second-order valence-electron chi connectivity index (χ2n) is 6.43. The summed E-state index contributed by atoms with van der Waals surface area (Å²) in [5.41, 5.74) is 1.80. The molecular formula is C21H26N2O2. The lowest BCUT2D eigenvalue weighted by Gasteiger charge is -2.22. The van der Waals surface area contributed by atoms with Crippen molar-refractivity contribution in [1.29, 1.82) is 0 Å². The predicted molar refractivity (Wildman–Crippen MR) is 99.8 cm³/mol. The third kappa shape index (κ3) is 4.83. The van der Waals surface area contributed by atoms with Crippen molar-refractivity contribution in [1.82, 2.24) is 10.2 Å². The van der Waals surface area contributed by atoms with Crippen LogP contribution in [-0.2, 0) is 6.61 Å². The predicted octanol–water partition coefficient (Wildman–Crippen LogP) is 3.48. The van der Waals surface area contributed by atoms with Gasteiger partial charge in [0, 0.05) is 18.2 Å². The van der Waals surface area contributed by atoms with Gasteiger partial charge in [-0.2, -0.15) is 0 Å². The number of benzene rings is 2. The Morgan fingerprint density at radius 2 is 1.92 bits per heavy atom. The lowest BCUT2D eigenvalue weighted by Crippen LogP contribution is -2.40. The van der Waals surface area contributed by atoms with E-state index in [-0.39, 0.29) is 5.91 Å². The number of hydrogen-bond donors (Lipinski definition) is 1. The molecule has 1 aliphatic rings. The van der Waals surface area contributed by atoms with E-state index in [4.69, 9.17) is 4.74 Å². The average Bonchev–Trinajstić information content (AvgIpc) is 3.13. The highest BCUT2D eigenvalue weighted by atomic mass is 16.5. The number of amides is 1. The van der Waals surface area contributed by atoms with Crippen LogP contribution in [0.3, 0.4) is 0 Å². The molecule has 2 aromatic carbocycles. The number of carbonyl (C=O) groups is 1. The molecule has 1 heterocycles. The van der Waals surface area contributed by atoms with Gasteiger partial charge < -0.3 is 10.1 Å². The van der Waals surface area contributed by atoms with E-state index < -0.39 is 0 Å². The van der Waals surface area contributed by atoms with Gasteiger partial charge in [-0.1, -0.05) is 37.3 Å². The van der Waals surface area contributed by atoms with E-state index in [1.54, 1.807) is 0 Å². The van der Waals surface area contributed by atoms with Crippen LogP contribution in [0, 0.1) is 0 Å². The summed E-state index contributed by atoms with van der Waals surface area (Å²) < 4.78 is 5.76. The Morgan fingerprint density at radius 3 is 2.64 bits per heavy atom. The molecule has 4 nitrogen and oxygen atoms in total. The van der Waals surface area contributed by atoms with E-state index in [1.165, 1.54) is 12.8 Å². The largest absolute Gasteiger partial charge is 0.489 e. The first-order chi connectivity index (χ1) is 12.3. The minimum atomic E-state index is -0.0161. The molecule has 0 aliphatic carbocycles. The van der Waals surface area contributed by atoms with Crippen LogP contribution in [0.25, 0.3) is 0 Å². The lowest BCUT2D eigenvalue weighted by atomic mass is 10.2. The Bertz CT molecular complexity index is 670. The van der Waals surface area contributed by atoms with Crippen LogP contribution in [-0.4, -0.2) is 36.5 Å². The van der Waals surface area contributed by atoms with Gasteiger partial charge in [0.05, 0.1) is 0 Å². The standard InChI is InChI=1S/C21H26N2O2/c1-2-23-14-6-9-19(23)15-22-21(24)18-10-12-20(13-11-18)25-16-17-7-4-3-5-8-17/h3-5,7-8,10-13,19H,2,6,9,14-16H2,1H3,(H,22,24). The Labute approximate surface area is 149 Å². The monoisotopic (exact) mass is 338 g/mol. The Kier molecular flexibility index (Phi) is 6.07. The third-order valence-corrected chi connectivity index (χ3v) is 4.77. The summed E-state index contributed by atoms with van der Waals surface area (Å²) in [4.78, 5) is 14.7. The third-order valence-electron chi connectivity index (χ3n) is 4.77. The first-order valence-electron chi connectivity index (χ1n) is 9.05. The van der Waals surface area contributed by atoms with E-state index >= 15 is 0 Å². The Morgan fingerprint density at radius 1 is 1.16 bits per heavy atom. The van der Waals surface area contributed by atoms with E-state index in [0.29, 0.717) is 18.2 Å². The van der Waals surface area contributed by atoms with Gasteiger partial charge in [-0.25, -0.2) is 0 Å². The van der Waals surface area contributed by atoms with Crippen LogP contribution in [0.15, 0.2) is 54.6 Å². The van der Waals surface area contributed by atoms with Crippen LogP contribution in [0.2, 0.25) is 0 Å². The lowest BCUT2D eigenvalue weighted by molar-refractivity contribution is 0.0941. The van der Waals surface area contributed by atoms with Gasteiger partial charge in [-0.15, -0.1) is 0 Å². The van der Waals surface area contributed by atoms with Crippen molar-refractivity contribution in [2.75, 3.05) is 19.6 Å². The van der Waals surface area contributed by atoms with Crippen LogP contribution >= 0.6 is 0 Å². The van der Waals surface area contributed by atoms with Gasteiger partial charge in [0.2, 0.25) is 0 Å². The van der Waals surface area contributed by atoms with Crippen molar-refractivity contribution in [2.24, 2.45) is 0 Å². The van der Waals surface area contributed by atoms with Crippen molar-refractivity contribution in [3.05, 3.63) is 65.7 Å². The molecule has 0 aromatic heterocycles. The fraction of sp³-hybridized carbons (Fsp3) is 0.381. The van der Waals surface area contributed by atoms with E-state index in [2.05, 4.69) is 17.1 Å². The smallest absolute Gasteiger partial charge is 0.251 e. The van der Waals surface area contributed by atoms with Gasteiger partial charge >= 0.3 is 0 Å². The highest BCUT2D eigenvalue weighted by Crippen LogP contribution is 2.17. The molecule has 1 N–H and O–H groups in total. The summed E-state index contributed by atoms with van der Waals surface area (Å²) >= 11 is 0. The molecule has 3 rings (SSSR count). The van der Waals surface area contributed by atoms with E-state index in [9.17, 15) is 4.79 Å². The zero-order valence-electron chi connectivity index (χ0n) is 14.8. The van der Waals surface area contributed by atoms with Gasteiger partial charge in [0.25, 0.3) is 5.91 Å². The number of nitrogens with zero attached hydrogens (tertiary/aromatic N) is 1. The second kappa shape index (κ2) is 8.67. The molecule has 0 saturated carbocycles. The molecule has 0 spiro atoms. The van der Waals surface area contributed by atoms with Gasteiger partial charge in [-0.05, 0) is 55.8 Å². The van der Waals surface area contributed by atoms with Crippen molar-refractivity contribution in [2.45, 2.75) is 32.4 Å². The molecular weight excluding hydrogens is 312 g/mol. The first kappa shape index (κ1) is 17.5. The first-order valence-corrected chi connectivity index (χ1v) is 9.05. The summed E-state index contributed by atoms with van der Waals surface area (Å²) in [5.74, 6) is 0.755. The zero-order chi connectivity index (χ0) is 17.5. The molecule has 1 aliphatic heterocycles. The summed E-state index contributed by atoms with van der Waals surface area (Å²) in [5, 5.41) is 3.06. The average molecular weight is 338 g/mol. The molecule has 2 aromatic rings. The topological polar surface area (TPSA) is 41.6 Å². The van der Waals surface area contributed by atoms with Gasteiger partial charge in [-0.3, -0.25) is 9.69 Å². The quantitative estimate of drug-likeness (QED) is 0.840. The highest BCUT2D eigenvalue weighted by molar-refractivity contribution is 5.94. The second-order valence-corrected chi connectivity index (χ2v) is 6.43. The summed E-state index contributed by atoms with van der Waals surface area (Å²) in [6, 6.07) is 17.9. The van der Waals surface area contributed by atoms with Gasteiger partial charge in [0.15, 0.2) is 0 Å². The maximum Gasteiger partial charge on any atom is 0.251 e. The van der Waals surface area contributed by atoms with E-state index in [0.717, 1.165) is 30.9 Å². The molecule has 1 saturated heterocycles. The fourth-order valence-corrected chi connectivity index (χ4v) is 3.30. The van der Waals surface area contributed by atoms with Crippen LogP contribution in [0.5, 0.6) is 5.75 Å². The SMILES string of the molecule is CCN1CCCC1CNC(=O)c1ccc(OCc2ccccc2)cc1. The number of ether oxygens (including phenoxy) is 1. The van der Waals surface area contributed by atoms with Crippen molar-refractivity contribution >= 4 is 5.91 Å². The van der Waals surface area contributed by atoms with Crippen molar-refractivity contribution < 1.29 is 9.53 Å². The number of nitrogens with one attached hydrogen (secondary N) is 1. The number of hydrogen-bond acceptors (Lipinski definition) is 3. The minimum absolute atomic E-state index is 0.0161. The number of rotatable bonds is 7. The molecule has 1 amide bonds. The maximum atomic E-state index is 12.3. The molecule has 4 heteroatoms. The molecule has 0 radical (unpaired) electrons. The Balaban J connectivity index is 1.48. The van der Waals surface area contributed by atoms with Crippen LogP contribution in [0.1, 0.15) is 35.7 Å². The van der Waals surface area contributed by atoms with Crippen molar-refractivity contribution in [3.8, 4) is 5.75 Å². The van der Waals surface area contributed by atoms with Gasteiger partial charge in [0.1, 0.15) is 12.4 Å². The molecule has 25 heavy (non-hydrogen) atoms. The normalized spacial score (nSPS) is 17.4. The van der Waals surface area contributed by atoms with Crippen LogP contribution in [0.4, 0.5) is 0 Å². The minimum Gasteiger partial charge on any atom is -0.489 e. The fourth-order valence-electron chi connectivity index (χ4n) is 3.30.